The molecule has 0 unspecified atom stereocenters. The number of rotatable bonds is 8. The molecule has 1 atom stereocenters. The highest BCUT2D eigenvalue weighted by Gasteiger charge is 2.17. The SMILES string of the molecule is C[C@@H](CO)NS(=O)(=O)CCc1ccc(S(=O)(=O)N(C)C)cc1. The molecule has 9 heteroatoms. The van der Waals surface area contributed by atoms with Gasteiger partial charge in [0.05, 0.1) is 17.3 Å². The number of hydrogen-bond acceptors (Lipinski definition) is 5. The summed E-state index contributed by atoms with van der Waals surface area (Å²) in [7, 11) is -4.06. The van der Waals surface area contributed by atoms with E-state index in [2.05, 4.69) is 4.72 Å². The Balaban J connectivity index is 2.74. The fraction of sp³-hybridized carbons (Fsp3) is 0.538. The van der Waals surface area contributed by atoms with Crippen molar-refractivity contribution >= 4 is 20.0 Å². The van der Waals surface area contributed by atoms with Gasteiger partial charge < -0.3 is 5.11 Å². The third kappa shape index (κ3) is 5.33. The molecule has 0 aliphatic rings. The Hall–Kier alpha value is -1.00. The van der Waals surface area contributed by atoms with Crippen LogP contribution in [0.2, 0.25) is 0 Å². The van der Waals surface area contributed by atoms with Crippen LogP contribution in [0.4, 0.5) is 0 Å². The van der Waals surface area contributed by atoms with Gasteiger partial charge in [-0.15, -0.1) is 0 Å². The van der Waals surface area contributed by atoms with Crippen molar-refractivity contribution in [1.82, 2.24) is 9.03 Å². The lowest BCUT2D eigenvalue weighted by molar-refractivity contribution is 0.265. The molecule has 0 fully saturated rings. The van der Waals surface area contributed by atoms with Gasteiger partial charge in [0.25, 0.3) is 0 Å². The molecule has 0 radical (unpaired) electrons. The summed E-state index contributed by atoms with van der Waals surface area (Å²) < 4.78 is 50.8. The molecule has 0 saturated heterocycles. The lowest BCUT2D eigenvalue weighted by Crippen LogP contribution is -2.37. The van der Waals surface area contributed by atoms with Gasteiger partial charge in [-0.1, -0.05) is 12.1 Å². The fourth-order valence-electron chi connectivity index (χ4n) is 1.69. The smallest absolute Gasteiger partial charge is 0.242 e. The van der Waals surface area contributed by atoms with Crippen LogP contribution in [0.1, 0.15) is 12.5 Å². The van der Waals surface area contributed by atoms with E-state index >= 15 is 0 Å². The van der Waals surface area contributed by atoms with Crippen LogP contribution in [0.25, 0.3) is 0 Å². The van der Waals surface area contributed by atoms with Crippen LogP contribution in [0.5, 0.6) is 0 Å². The third-order valence-electron chi connectivity index (χ3n) is 3.02. The van der Waals surface area contributed by atoms with Gasteiger partial charge in [-0.2, -0.15) is 0 Å². The zero-order valence-electron chi connectivity index (χ0n) is 12.9. The first-order valence-electron chi connectivity index (χ1n) is 6.71. The zero-order chi connectivity index (χ0) is 17.0. The molecular weight excluding hydrogens is 328 g/mol. The predicted molar refractivity (Wildman–Crippen MR) is 84.5 cm³/mol. The Labute approximate surface area is 132 Å². The quantitative estimate of drug-likeness (QED) is 0.675. The van der Waals surface area contributed by atoms with Crippen LogP contribution < -0.4 is 4.72 Å². The number of nitrogens with zero attached hydrogens (tertiary/aromatic N) is 1. The van der Waals surface area contributed by atoms with E-state index in [0.29, 0.717) is 0 Å². The molecule has 1 aromatic carbocycles. The van der Waals surface area contributed by atoms with E-state index < -0.39 is 26.1 Å². The first-order valence-corrected chi connectivity index (χ1v) is 9.80. The van der Waals surface area contributed by atoms with Gasteiger partial charge in [0.15, 0.2) is 0 Å². The van der Waals surface area contributed by atoms with E-state index in [1.165, 1.54) is 26.2 Å². The molecule has 1 aromatic rings. The second kappa shape index (κ2) is 7.51. The van der Waals surface area contributed by atoms with Crippen LogP contribution in [0.3, 0.4) is 0 Å². The number of benzene rings is 1. The van der Waals surface area contributed by atoms with Gasteiger partial charge in [0.2, 0.25) is 20.0 Å². The summed E-state index contributed by atoms with van der Waals surface area (Å²) in [4.78, 5) is 0.163. The van der Waals surface area contributed by atoms with E-state index in [4.69, 9.17) is 5.11 Å². The molecule has 0 amide bonds. The summed E-state index contributed by atoms with van der Waals surface area (Å²) in [6.45, 7) is 1.30. The molecule has 0 saturated carbocycles. The van der Waals surface area contributed by atoms with E-state index in [0.717, 1.165) is 9.87 Å². The molecule has 0 heterocycles. The second-order valence-corrected chi connectivity index (χ2v) is 9.23. The van der Waals surface area contributed by atoms with Gasteiger partial charge in [0, 0.05) is 20.1 Å². The molecule has 0 bridgehead atoms. The highest BCUT2D eigenvalue weighted by Crippen LogP contribution is 2.14. The largest absolute Gasteiger partial charge is 0.395 e. The van der Waals surface area contributed by atoms with E-state index in [1.54, 1.807) is 19.1 Å². The van der Waals surface area contributed by atoms with Gasteiger partial charge in [-0.05, 0) is 31.0 Å². The number of sulfonamides is 2. The molecular formula is C13H22N2O5S2. The highest BCUT2D eigenvalue weighted by atomic mass is 32.2. The molecule has 0 aliphatic heterocycles. The number of nitrogens with one attached hydrogen (secondary N) is 1. The second-order valence-electron chi connectivity index (χ2n) is 5.20. The minimum atomic E-state index is -3.48. The standard InChI is InChI=1S/C13H22N2O5S2/c1-11(10-16)14-21(17,18)9-8-12-4-6-13(7-5-12)22(19,20)15(2)3/h4-7,11,14,16H,8-10H2,1-3H3/t11-/m0/s1. The Morgan fingerprint density at radius 3 is 2.14 bits per heavy atom. The zero-order valence-corrected chi connectivity index (χ0v) is 14.5. The van der Waals surface area contributed by atoms with Gasteiger partial charge in [0.1, 0.15) is 0 Å². The van der Waals surface area contributed by atoms with Crippen LogP contribution in [-0.2, 0) is 26.5 Å². The average molecular weight is 350 g/mol. The Morgan fingerprint density at radius 2 is 1.68 bits per heavy atom. The van der Waals surface area contributed by atoms with E-state index in [-0.39, 0.29) is 23.7 Å². The van der Waals surface area contributed by atoms with Gasteiger partial charge in [-0.25, -0.2) is 25.9 Å². The molecule has 0 spiro atoms. The summed E-state index contributed by atoms with van der Waals surface area (Å²) in [5.41, 5.74) is 0.722. The minimum Gasteiger partial charge on any atom is -0.395 e. The van der Waals surface area contributed by atoms with Crippen molar-refractivity contribution in [3.63, 3.8) is 0 Å². The highest BCUT2D eigenvalue weighted by molar-refractivity contribution is 7.89. The van der Waals surface area contributed by atoms with Crippen molar-refractivity contribution in [2.45, 2.75) is 24.3 Å². The summed E-state index contributed by atoms with van der Waals surface area (Å²) in [6.07, 6.45) is 0.260. The van der Waals surface area contributed by atoms with Crippen LogP contribution in [-0.4, -0.2) is 58.7 Å². The number of aliphatic hydroxyl groups is 1. The topological polar surface area (TPSA) is 104 Å². The van der Waals surface area contributed by atoms with Gasteiger partial charge in [-0.3, -0.25) is 0 Å². The minimum absolute atomic E-state index is 0.128. The van der Waals surface area contributed by atoms with Crippen LogP contribution >= 0.6 is 0 Å². The number of aliphatic hydroxyl groups excluding tert-OH is 1. The maximum atomic E-state index is 11.9. The molecule has 2 N–H and O–H groups in total. The molecule has 0 aromatic heterocycles. The van der Waals surface area contributed by atoms with Crippen molar-refractivity contribution in [3.8, 4) is 0 Å². The average Bonchev–Trinajstić information content (AvgIpc) is 2.45. The van der Waals surface area contributed by atoms with Crippen LogP contribution in [0, 0.1) is 0 Å². The van der Waals surface area contributed by atoms with Crippen molar-refractivity contribution in [2.24, 2.45) is 0 Å². The van der Waals surface area contributed by atoms with E-state index in [1.807, 2.05) is 0 Å². The lowest BCUT2D eigenvalue weighted by Gasteiger charge is -2.13. The maximum Gasteiger partial charge on any atom is 0.242 e. The summed E-state index contributed by atoms with van der Waals surface area (Å²) in [5.74, 6) is -0.128. The van der Waals surface area contributed by atoms with Crippen molar-refractivity contribution < 1.29 is 21.9 Å². The molecule has 22 heavy (non-hydrogen) atoms. The Bertz CT molecular complexity index is 682. The normalized spacial score (nSPS) is 14.2. The lowest BCUT2D eigenvalue weighted by atomic mass is 10.2. The van der Waals surface area contributed by atoms with Crippen molar-refractivity contribution in [3.05, 3.63) is 29.8 Å². The first kappa shape index (κ1) is 19.0. The Morgan fingerprint density at radius 1 is 1.14 bits per heavy atom. The maximum absolute atomic E-state index is 11.9. The monoisotopic (exact) mass is 350 g/mol. The molecule has 7 nitrogen and oxygen atoms in total. The fourth-order valence-corrected chi connectivity index (χ4v) is 3.91. The predicted octanol–water partition coefficient (Wildman–Crippen LogP) is -0.220. The summed E-state index contributed by atoms with van der Waals surface area (Å²) in [5, 5.41) is 8.85. The van der Waals surface area contributed by atoms with Crippen molar-refractivity contribution in [2.75, 3.05) is 26.5 Å². The molecule has 1 rings (SSSR count). The third-order valence-corrected chi connectivity index (χ3v) is 6.35. The van der Waals surface area contributed by atoms with E-state index in [9.17, 15) is 16.8 Å². The Kier molecular flexibility index (Phi) is 6.50. The number of hydrogen-bond donors (Lipinski definition) is 2. The van der Waals surface area contributed by atoms with Gasteiger partial charge >= 0.3 is 0 Å². The molecule has 126 valence electrons. The van der Waals surface area contributed by atoms with Crippen molar-refractivity contribution in [1.29, 1.82) is 0 Å². The summed E-state index contributed by atoms with van der Waals surface area (Å²) in [6, 6.07) is 5.59. The number of aryl methyl sites for hydroxylation is 1. The van der Waals surface area contributed by atoms with Crippen LogP contribution in [0.15, 0.2) is 29.2 Å². The molecule has 0 aliphatic carbocycles. The summed E-state index contributed by atoms with van der Waals surface area (Å²) >= 11 is 0. The first-order chi connectivity index (χ1) is 10.1.